The predicted octanol–water partition coefficient (Wildman–Crippen LogP) is 0.0932. The van der Waals surface area contributed by atoms with E-state index in [0.29, 0.717) is 26.0 Å². The van der Waals surface area contributed by atoms with Gasteiger partial charge in [0.25, 0.3) is 0 Å². The Morgan fingerprint density at radius 2 is 1.94 bits per heavy atom. The first-order valence-corrected chi connectivity index (χ1v) is 6.51. The topological polar surface area (TPSA) is 90.8 Å². The van der Waals surface area contributed by atoms with Crippen molar-refractivity contribution in [2.75, 3.05) is 40.0 Å². The largest absolute Gasteiger partial charge is 0.449 e. The lowest BCUT2D eigenvalue weighted by Crippen LogP contribution is -2.29. The maximum absolute atomic E-state index is 11.3. The van der Waals surface area contributed by atoms with E-state index in [0.717, 1.165) is 19.4 Å². The first-order chi connectivity index (χ1) is 8.74. The van der Waals surface area contributed by atoms with Crippen molar-refractivity contribution in [2.24, 2.45) is 5.92 Å². The Kier molecular flexibility index (Phi) is 12.0. The Hall–Kier alpha value is -0.850. The third-order valence-electron chi connectivity index (χ3n) is 2.63. The number of nitrogens with one attached hydrogen (secondary N) is 2. The normalized spacial score (nSPS) is 12.2. The van der Waals surface area contributed by atoms with Crippen LogP contribution < -0.4 is 10.6 Å². The second-order valence-corrected chi connectivity index (χ2v) is 4.23. The van der Waals surface area contributed by atoms with Gasteiger partial charge >= 0.3 is 6.09 Å². The minimum Gasteiger partial charge on any atom is -0.449 e. The van der Waals surface area contributed by atoms with Crippen LogP contribution in [-0.4, -0.2) is 56.3 Å². The van der Waals surface area contributed by atoms with Crippen LogP contribution in [0, 0.1) is 5.92 Å². The van der Waals surface area contributed by atoms with Gasteiger partial charge < -0.3 is 25.6 Å². The van der Waals surface area contributed by atoms with E-state index in [2.05, 4.69) is 10.6 Å². The molecule has 0 heterocycles. The van der Waals surface area contributed by atoms with Gasteiger partial charge in [-0.3, -0.25) is 0 Å². The van der Waals surface area contributed by atoms with E-state index in [9.17, 15) is 4.79 Å². The van der Waals surface area contributed by atoms with Crippen LogP contribution in [0.4, 0.5) is 4.79 Å². The van der Waals surface area contributed by atoms with E-state index in [-0.39, 0.29) is 19.1 Å². The number of aliphatic hydroxyl groups excluding tert-OH is 2. The summed E-state index contributed by atoms with van der Waals surface area (Å²) < 4.78 is 5.07. The van der Waals surface area contributed by atoms with E-state index < -0.39 is 6.09 Å². The molecule has 1 amide bonds. The number of hydrogen-bond acceptors (Lipinski definition) is 5. The number of rotatable bonds is 11. The zero-order chi connectivity index (χ0) is 13.6. The molecule has 6 heteroatoms. The molecule has 4 N–H and O–H groups in total. The molecule has 108 valence electrons. The Morgan fingerprint density at radius 3 is 2.56 bits per heavy atom. The Balaban J connectivity index is 3.63. The van der Waals surface area contributed by atoms with E-state index >= 15 is 0 Å². The van der Waals surface area contributed by atoms with Gasteiger partial charge in [0.15, 0.2) is 0 Å². The van der Waals surface area contributed by atoms with Crippen molar-refractivity contribution in [1.29, 1.82) is 0 Å². The van der Waals surface area contributed by atoms with Crippen LogP contribution in [0.1, 0.15) is 25.7 Å². The molecule has 6 nitrogen and oxygen atoms in total. The molecule has 1 unspecified atom stereocenters. The van der Waals surface area contributed by atoms with Crippen molar-refractivity contribution in [3.8, 4) is 0 Å². The van der Waals surface area contributed by atoms with Crippen LogP contribution in [-0.2, 0) is 4.74 Å². The van der Waals surface area contributed by atoms with Crippen LogP contribution in [0.3, 0.4) is 0 Å². The molecule has 0 aromatic carbocycles. The van der Waals surface area contributed by atoms with Crippen LogP contribution in [0.5, 0.6) is 0 Å². The molecule has 0 radical (unpaired) electrons. The molecule has 0 aliphatic carbocycles. The maximum Gasteiger partial charge on any atom is 0.407 e. The van der Waals surface area contributed by atoms with E-state index in [1.54, 1.807) is 0 Å². The van der Waals surface area contributed by atoms with E-state index in [1.807, 2.05) is 7.05 Å². The number of carbonyl (C=O) groups excluding carboxylic acids is 1. The van der Waals surface area contributed by atoms with Crippen LogP contribution in [0.25, 0.3) is 0 Å². The summed E-state index contributed by atoms with van der Waals surface area (Å²) in [6, 6.07) is 0. The fourth-order valence-electron chi connectivity index (χ4n) is 1.57. The van der Waals surface area contributed by atoms with Crippen LogP contribution >= 0.6 is 0 Å². The SMILES string of the molecule is CNCCCNC(=O)OCC(CCO)CCCO. The van der Waals surface area contributed by atoms with Crippen molar-refractivity contribution in [3.05, 3.63) is 0 Å². The summed E-state index contributed by atoms with van der Waals surface area (Å²) in [4.78, 5) is 11.3. The first kappa shape index (κ1) is 17.2. The van der Waals surface area contributed by atoms with Gasteiger partial charge in [-0.1, -0.05) is 0 Å². The Labute approximate surface area is 109 Å². The minimum absolute atomic E-state index is 0.0727. The summed E-state index contributed by atoms with van der Waals surface area (Å²) in [6.07, 6.45) is 2.45. The number of ether oxygens (including phenoxy) is 1. The number of carbonyl (C=O) groups is 1. The molecule has 0 fully saturated rings. The van der Waals surface area contributed by atoms with Gasteiger partial charge in [-0.2, -0.15) is 0 Å². The van der Waals surface area contributed by atoms with Gasteiger partial charge in [0.1, 0.15) is 0 Å². The van der Waals surface area contributed by atoms with Gasteiger partial charge in [0.2, 0.25) is 0 Å². The molecule has 18 heavy (non-hydrogen) atoms. The molecule has 1 atom stereocenters. The summed E-state index contributed by atoms with van der Waals surface area (Å²) in [5, 5.41) is 23.3. The Bertz CT molecular complexity index is 203. The lowest BCUT2D eigenvalue weighted by atomic mass is 10.0. The monoisotopic (exact) mass is 262 g/mol. The number of hydrogen-bond donors (Lipinski definition) is 4. The summed E-state index contributed by atoms with van der Waals surface area (Å²) in [6.45, 7) is 1.92. The summed E-state index contributed by atoms with van der Waals surface area (Å²) in [7, 11) is 1.86. The molecule has 0 rings (SSSR count). The molecule has 0 spiro atoms. The fourth-order valence-corrected chi connectivity index (χ4v) is 1.57. The van der Waals surface area contributed by atoms with Crippen molar-refractivity contribution < 1.29 is 19.7 Å². The first-order valence-electron chi connectivity index (χ1n) is 6.51. The third-order valence-corrected chi connectivity index (χ3v) is 2.63. The van der Waals surface area contributed by atoms with Gasteiger partial charge in [-0.25, -0.2) is 4.79 Å². The predicted molar refractivity (Wildman–Crippen MR) is 69.4 cm³/mol. The van der Waals surface area contributed by atoms with Crippen molar-refractivity contribution in [1.82, 2.24) is 10.6 Å². The van der Waals surface area contributed by atoms with Crippen molar-refractivity contribution >= 4 is 6.09 Å². The van der Waals surface area contributed by atoms with E-state index in [1.165, 1.54) is 0 Å². The summed E-state index contributed by atoms with van der Waals surface area (Å²) in [5.41, 5.74) is 0. The summed E-state index contributed by atoms with van der Waals surface area (Å²) in [5.74, 6) is 0.116. The van der Waals surface area contributed by atoms with Crippen molar-refractivity contribution in [2.45, 2.75) is 25.7 Å². The lowest BCUT2D eigenvalue weighted by molar-refractivity contribution is 0.111. The minimum atomic E-state index is -0.418. The average Bonchev–Trinajstić information content (AvgIpc) is 2.38. The van der Waals surface area contributed by atoms with Crippen LogP contribution in [0.2, 0.25) is 0 Å². The zero-order valence-corrected chi connectivity index (χ0v) is 11.2. The molecule has 0 aliphatic heterocycles. The molecule has 0 aliphatic rings. The molecule has 0 saturated heterocycles. The standard InChI is InChI=1S/C12H26N2O4/c1-13-6-3-7-14-12(17)18-10-11(5-9-16)4-2-8-15/h11,13,15-16H,2-10H2,1H3,(H,14,17). The van der Waals surface area contributed by atoms with Crippen molar-refractivity contribution in [3.63, 3.8) is 0 Å². The average molecular weight is 262 g/mol. The quantitative estimate of drug-likeness (QED) is 0.396. The number of alkyl carbamates (subject to hydrolysis) is 1. The highest BCUT2D eigenvalue weighted by atomic mass is 16.5. The second-order valence-electron chi connectivity index (χ2n) is 4.23. The highest BCUT2D eigenvalue weighted by molar-refractivity contribution is 5.66. The molecule has 0 aromatic heterocycles. The molecular formula is C12H26N2O4. The molecule has 0 saturated carbocycles. The van der Waals surface area contributed by atoms with Crippen LogP contribution in [0.15, 0.2) is 0 Å². The fraction of sp³-hybridized carbons (Fsp3) is 0.917. The highest BCUT2D eigenvalue weighted by Gasteiger charge is 2.11. The number of amides is 1. The van der Waals surface area contributed by atoms with Gasteiger partial charge in [0.05, 0.1) is 6.61 Å². The van der Waals surface area contributed by atoms with Gasteiger partial charge in [0, 0.05) is 19.8 Å². The molecular weight excluding hydrogens is 236 g/mol. The summed E-state index contributed by atoms with van der Waals surface area (Å²) >= 11 is 0. The lowest BCUT2D eigenvalue weighted by Gasteiger charge is -2.15. The Morgan fingerprint density at radius 1 is 1.17 bits per heavy atom. The zero-order valence-electron chi connectivity index (χ0n) is 11.2. The maximum atomic E-state index is 11.3. The second kappa shape index (κ2) is 12.6. The van der Waals surface area contributed by atoms with E-state index in [4.69, 9.17) is 14.9 Å². The molecule has 0 bridgehead atoms. The molecule has 0 aromatic rings. The highest BCUT2D eigenvalue weighted by Crippen LogP contribution is 2.11. The van der Waals surface area contributed by atoms with Gasteiger partial charge in [-0.15, -0.1) is 0 Å². The smallest absolute Gasteiger partial charge is 0.407 e. The third kappa shape index (κ3) is 10.3. The number of aliphatic hydroxyl groups is 2. The van der Waals surface area contributed by atoms with Gasteiger partial charge in [-0.05, 0) is 45.2 Å².